The van der Waals surface area contributed by atoms with E-state index in [1.807, 2.05) is 74.4 Å². The van der Waals surface area contributed by atoms with Crippen molar-refractivity contribution in [3.05, 3.63) is 59.7 Å². The summed E-state index contributed by atoms with van der Waals surface area (Å²) < 4.78 is 0. The first-order chi connectivity index (χ1) is 12.4. The lowest BCUT2D eigenvalue weighted by atomic mass is 10.1. The van der Waals surface area contributed by atoms with Gasteiger partial charge in [-0.25, -0.2) is 0 Å². The van der Waals surface area contributed by atoms with Gasteiger partial charge in [0.05, 0.1) is 5.92 Å². The molecule has 0 spiro atoms. The van der Waals surface area contributed by atoms with Gasteiger partial charge in [-0.1, -0.05) is 24.3 Å². The predicted octanol–water partition coefficient (Wildman–Crippen LogP) is 3.05. The van der Waals surface area contributed by atoms with Crippen LogP contribution in [0.3, 0.4) is 0 Å². The van der Waals surface area contributed by atoms with E-state index >= 15 is 0 Å². The van der Waals surface area contributed by atoms with Gasteiger partial charge >= 0.3 is 0 Å². The number of likely N-dealkylation sites (tertiary alicyclic amines) is 1. The fourth-order valence-corrected chi connectivity index (χ4v) is 3.18. The second-order valence-electron chi connectivity index (χ2n) is 7.03. The molecule has 5 nitrogen and oxygen atoms in total. The van der Waals surface area contributed by atoms with Gasteiger partial charge in [0.2, 0.25) is 11.8 Å². The summed E-state index contributed by atoms with van der Waals surface area (Å²) in [6.07, 6.45) is 0.271. The van der Waals surface area contributed by atoms with E-state index in [0.29, 0.717) is 13.1 Å². The smallest absolute Gasteiger partial charge is 0.229 e. The van der Waals surface area contributed by atoms with Crippen molar-refractivity contribution in [1.29, 1.82) is 0 Å². The van der Waals surface area contributed by atoms with E-state index in [0.717, 1.165) is 22.5 Å². The van der Waals surface area contributed by atoms with Gasteiger partial charge in [-0.3, -0.25) is 9.59 Å². The summed E-state index contributed by atoms with van der Waals surface area (Å²) in [5.41, 5.74) is 4.12. The summed E-state index contributed by atoms with van der Waals surface area (Å²) in [6, 6.07) is 15.7. The number of nitrogens with one attached hydrogen (secondary N) is 1. The highest BCUT2D eigenvalue weighted by Gasteiger charge is 2.34. The third-order valence-electron chi connectivity index (χ3n) is 4.86. The number of hydrogen-bond donors (Lipinski definition) is 1. The molecule has 5 heteroatoms. The molecule has 2 aromatic rings. The highest BCUT2D eigenvalue weighted by Crippen LogP contribution is 2.23. The largest absolute Gasteiger partial charge is 0.378 e. The Morgan fingerprint density at radius 1 is 1.15 bits per heavy atom. The topological polar surface area (TPSA) is 52.7 Å². The van der Waals surface area contributed by atoms with Gasteiger partial charge in [-0.15, -0.1) is 0 Å². The molecule has 2 aromatic carbocycles. The molecule has 26 heavy (non-hydrogen) atoms. The first-order valence-corrected chi connectivity index (χ1v) is 8.84. The van der Waals surface area contributed by atoms with Crippen molar-refractivity contribution in [2.75, 3.05) is 30.9 Å². The first-order valence-electron chi connectivity index (χ1n) is 8.84. The number of benzene rings is 2. The molecule has 0 aromatic heterocycles. The van der Waals surface area contributed by atoms with Gasteiger partial charge < -0.3 is 15.1 Å². The average Bonchev–Trinajstić information content (AvgIpc) is 2.98. The lowest BCUT2D eigenvalue weighted by Gasteiger charge is -2.18. The first kappa shape index (κ1) is 18.0. The van der Waals surface area contributed by atoms with Crippen LogP contribution >= 0.6 is 0 Å². The van der Waals surface area contributed by atoms with Crippen LogP contribution in [0, 0.1) is 12.8 Å². The molecule has 0 radical (unpaired) electrons. The van der Waals surface area contributed by atoms with Crippen LogP contribution in [-0.2, 0) is 16.1 Å². The zero-order valence-electron chi connectivity index (χ0n) is 15.5. The number of carbonyl (C=O) groups is 2. The Morgan fingerprint density at radius 3 is 2.50 bits per heavy atom. The maximum atomic E-state index is 12.5. The SMILES string of the molecule is Cc1ccccc1CN1CC(C(=O)Nc2ccc(N(C)C)cc2)CC1=O. The molecular weight excluding hydrogens is 326 g/mol. The van der Waals surface area contributed by atoms with Crippen molar-refractivity contribution >= 4 is 23.2 Å². The second-order valence-corrected chi connectivity index (χ2v) is 7.03. The number of anilines is 2. The molecule has 136 valence electrons. The monoisotopic (exact) mass is 351 g/mol. The van der Waals surface area contributed by atoms with Crippen molar-refractivity contribution in [3.63, 3.8) is 0 Å². The molecule has 1 fully saturated rings. The van der Waals surface area contributed by atoms with Crippen LogP contribution in [0.1, 0.15) is 17.5 Å². The Hall–Kier alpha value is -2.82. The standard InChI is InChI=1S/C21H25N3O2/c1-15-6-4-5-7-16(15)13-24-14-17(12-20(24)25)21(26)22-18-8-10-19(11-9-18)23(2)3/h4-11,17H,12-14H2,1-3H3,(H,22,26). The van der Waals surface area contributed by atoms with Gasteiger partial charge in [0.15, 0.2) is 0 Å². The zero-order valence-corrected chi connectivity index (χ0v) is 15.5. The highest BCUT2D eigenvalue weighted by atomic mass is 16.2. The van der Waals surface area contributed by atoms with Crippen molar-refractivity contribution in [1.82, 2.24) is 4.90 Å². The Balaban J connectivity index is 1.61. The summed E-state index contributed by atoms with van der Waals surface area (Å²) in [5, 5.41) is 2.93. The van der Waals surface area contributed by atoms with Gasteiger partial charge in [0.25, 0.3) is 0 Å². The Morgan fingerprint density at radius 2 is 1.85 bits per heavy atom. The molecule has 0 saturated carbocycles. The van der Waals surface area contributed by atoms with Crippen LogP contribution in [0.2, 0.25) is 0 Å². The minimum absolute atomic E-state index is 0.0383. The number of hydrogen-bond acceptors (Lipinski definition) is 3. The highest BCUT2D eigenvalue weighted by molar-refractivity contribution is 5.97. The molecule has 1 heterocycles. The van der Waals surface area contributed by atoms with Crippen LogP contribution in [0.4, 0.5) is 11.4 Å². The normalized spacial score (nSPS) is 16.7. The van der Waals surface area contributed by atoms with Gasteiger partial charge in [-0.2, -0.15) is 0 Å². The number of aryl methyl sites for hydroxylation is 1. The third-order valence-corrected chi connectivity index (χ3v) is 4.86. The maximum absolute atomic E-state index is 12.5. The quantitative estimate of drug-likeness (QED) is 0.901. The minimum Gasteiger partial charge on any atom is -0.378 e. The summed E-state index contributed by atoms with van der Waals surface area (Å²) in [5.74, 6) is -0.361. The number of nitrogens with zero attached hydrogens (tertiary/aromatic N) is 2. The lowest BCUT2D eigenvalue weighted by molar-refractivity contribution is -0.128. The molecule has 1 aliphatic rings. The molecule has 3 rings (SSSR count). The van der Waals surface area contributed by atoms with E-state index < -0.39 is 0 Å². The summed E-state index contributed by atoms with van der Waals surface area (Å²) >= 11 is 0. The Bertz CT molecular complexity index is 799. The average molecular weight is 351 g/mol. The molecule has 0 aliphatic carbocycles. The third kappa shape index (κ3) is 4.04. The van der Waals surface area contributed by atoms with Crippen LogP contribution in [0.25, 0.3) is 0 Å². The van der Waals surface area contributed by atoms with Crippen molar-refractivity contribution < 1.29 is 9.59 Å². The van der Waals surface area contributed by atoms with Crippen LogP contribution < -0.4 is 10.2 Å². The van der Waals surface area contributed by atoms with Crippen molar-refractivity contribution in [2.45, 2.75) is 19.9 Å². The summed E-state index contributed by atoms with van der Waals surface area (Å²) in [4.78, 5) is 28.6. The van der Waals surface area contributed by atoms with Gasteiger partial charge in [0.1, 0.15) is 0 Å². The molecule has 1 saturated heterocycles. The van der Waals surface area contributed by atoms with Crippen LogP contribution in [-0.4, -0.2) is 37.4 Å². The molecule has 1 atom stereocenters. The predicted molar refractivity (Wildman–Crippen MR) is 104 cm³/mol. The van der Waals surface area contributed by atoms with Crippen LogP contribution in [0.15, 0.2) is 48.5 Å². The van der Waals surface area contributed by atoms with Crippen molar-refractivity contribution in [2.24, 2.45) is 5.92 Å². The van der Waals surface area contributed by atoms with Crippen molar-refractivity contribution in [3.8, 4) is 0 Å². The van der Waals surface area contributed by atoms with E-state index in [9.17, 15) is 9.59 Å². The molecule has 2 amide bonds. The fourth-order valence-electron chi connectivity index (χ4n) is 3.18. The van der Waals surface area contributed by atoms with E-state index in [4.69, 9.17) is 0 Å². The van der Waals surface area contributed by atoms with E-state index in [-0.39, 0.29) is 24.2 Å². The Kier molecular flexibility index (Phi) is 5.26. The molecule has 1 unspecified atom stereocenters. The van der Waals surface area contributed by atoms with Crippen LogP contribution in [0.5, 0.6) is 0 Å². The number of carbonyl (C=O) groups excluding carboxylic acids is 2. The molecule has 0 bridgehead atoms. The lowest BCUT2D eigenvalue weighted by Crippen LogP contribution is -2.28. The summed E-state index contributed by atoms with van der Waals surface area (Å²) in [7, 11) is 3.95. The maximum Gasteiger partial charge on any atom is 0.229 e. The zero-order chi connectivity index (χ0) is 18.7. The van der Waals surface area contributed by atoms with Gasteiger partial charge in [0, 0.05) is 45.0 Å². The summed E-state index contributed by atoms with van der Waals surface area (Å²) in [6.45, 7) is 3.07. The minimum atomic E-state index is -0.306. The number of amides is 2. The molecule has 1 aliphatic heterocycles. The Labute approximate surface area is 154 Å². The van der Waals surface area contributed by atoms with E-state index in [1.165, 1.54) is 0 Å². The molecular formula is C21H25N3O2. The van der Waals surface area contributed by atoms with E-state index in [2.05, 4.69) is 5.32 Å². The van der Waals surface area contributed by atoms with E-state index in [1.54, 1.807) is 4.90 Å². The van der Waals surface area contributed by atoms with Gasteiger partial charge in [-0.05, 0) is 42.3 Å². The number of rotatable bonds is 5. The second kappa shape index (κ2) is 7.60. The fraction of sp³-hybridized carbons (Fsp3) is 0.333. The molecule has 1 N–H and O–H groups in total.